The molecule has 0 amide bonds. The van der Waals surface area contributed by atoms with Crippen LogP contribution in [0.25, 0.3) is 0 Å². The number of nitrogens with two attached hydrogens (primary N) is 1. The van der Waals surface area contributed by atoms with Crippen LogP contribution in [-0.2, 0) is 4.74 Å². The Hall–Kier alpha value is -1.17. The summed E-state index contributed by atoms with van der Waals surface area (Å²) < 4.78 is 11.0. The van der Waals surface area contributed by atoms with Crippen LogP contribution in [-0.4, -0.2) is 49.8 Å². The highest BCUT2D eigenvalue weighted by Gasteiger charge is 2.21. The molecule has 0 bridgehead atoms. The molecule has 116 valence electrons. The molecule has 0 aromatic heterocycles. The van der Waals surface area contributed by atoms with Crippen LogP contribution in [0.15, 0.2) is 24.3 Å². The molecule has 21 heavy (non-hydrogen) atoms. The Balaban J connectivity index is 1.66. The molecule has 0 spiro atoms. The maximum absolute atomic E-state index is 5.76. The Bertz CT molecular complexity index is 467. The molecule has 1 unspecified atom stereocenters. The van der Waals surface area contributed by atoms with Crippen molar-refractivity contribution in [1.29, 1.82) is 0 Å². The summed E-state index contributed by atoms with van der Waals surface area (Å²) in [6, 6.07) is 7.65. The van der Waals surface area contributed by atoms with Gasteiger partial charge in [-0.25, -0.2) is 0 Å². The Morgan fingerprint density at radius 3 is 3.10 bits per heavy atom. The summed E-state index contributed by atoms with van der Waals surface area (Å²) in [5, 5.41) is 0. The van der Waals surface area contributed by atoms with Gasteiger partial charge in [0.25, 0.3) is 0 Å². The van der Waals surface area contributed by atoms with Crippen LogP contribution in [0.5, 0.6) is 5.75 Å². The third-order valence-electron chi connectivity index (χ3n) is 3.78. The quantitative estimate of drug-likeness (QED) is 0.588. The molecule has 1 aliphatic rings. The van der Waals surface area contributed by atoms with E-state index < -0.39 is 0 Å². The number of nitrogens with zero attached hydrogens (tertiary/aromatic N) is 1. The zero-order valence-electron chi connectivity index (χ0n) is 12.6. The van der Waals surface area contributed by atoms with Crippen molar-refractivity contribution in [2.24, 2.45) is 11.7 Å². The van der Waals surface area contributed by atoms with Crippen molar-refractivity contribution >= 4 is 17.2 Å². The van der Waals surface area contributed by atoms with Crippen molar-refractivity contribution in [3.8, 4) is 5.75 Å². The van der Waals surface area contributed by atoms with Gasteiger partial charge in [-0.2, -0.15) is 0 Å². The first-order valence-corrected chi connectivity index (χ1v) is 7.84. The van der Waals surface area contributed by atoms with Crippen LogP contribution in [0, 0.1) is 5.92 Å². The van der Waals surface area contributed by atoms with E-state index in [9.17, 15) is 0 Å². The second-order valence-electron chi connectivity index (χ2n) is 5.50. The largest absolute Gasteiger partial charge is 0.494 e. The highest BCUT2D eigenvalue weighted by atomic mass is 32.1. The van der Waals surface area contributed by atoms with Crippen molar-refractivity contribution in [3.63, 3.8) is 0 Å². The fourth-order valence-corrected chi connectivity index (χ4v) is 2.83. The standard InChI is InChI=1S/C16H24N2O2S/c1-19-12-13-6-8-18(11-13)7-3-9-20-15-5-2-4-14(10-15)16(17)21/h2,4-5,10,13H,3,6-9,11-12H2,1H3,(H2,17,21). The number of hydrogen-bond acceptors (Lipinski definition) is 4. The third-order valence-corrected chi connectivity index (χ3v) is 4.01. The Morgan fingerprint density at radius 2 is 2.33 bits per heavy atom. The molecule has 2 rings (SSSR count). The smallest absolute Gasteiger partial charge is 0.119 e. The van der Waals surface area contributed by atoms with Gasteiger partial charge in [0.2, 0.25) is 0 Å². The first kappa shape index (κ1) is 16.2. The van der Waals surface area contributed by atoms with E-state index >= 15 is 0 Å². The number of benzene rings is 1. The average Bonchev–Trinajstić information content (AvgIpc) is 2.92. The minimum Gasteiger partial charge on any atom is -0.494 e. The fraction of sp³-hybridized carbons (Fsp3) is 0.562. The number of hydrogen-bond donors (Lipinski definition) is 1. The summed E-state index contributed by atoms with van der Waals surface area (Å²) >= 11 is 4.97. The van der Waals surface area contributed by atoms with Gasteiger partial charge in [0.1, 0.15) is 10.7 Å². The fourth-order valence-electron chi connectivity index (χ4n) is 2.71. The molecular weight excluding hydrogens is 284 g/mol. The van der Waals surface area contributed by atoms with E-state index in [1.54, 1.807) is 7.11 Å². The molecule has 2 N–H and O–H groups in total. The van der Waals surface area contributed by atoms with Crippen LogP contribution in [0.3, 0.4) is 0 Å². The summed E-state index contributed by atoms with van der Waals surface area (Å²) in [6.45, 7) is 4.98. The molecule has 1 saturated heterocycles. The van der Waals surface area contributed by atoms with Gasteiger partial charge < -0.3 is 20.1 Å². The van der Waals surface area contributed by atoms with Crippen molar-refractivity contribution in [2.45, 2.75) is 12.8 Å². The number of ether oxygens (including phenoxy) is 2. The van der Waals surface area contributed by atoms with E-state index in [0.29, 0.717) is 17.5 Å². The minimum atomic E-state index is 0.404. The van der Waals surface area contributed by atoms with E-state index in [2.05, 4.69) is 4.90 Å². The molecule has 1 heterocycles. The van der Waals surface area contributed by atoms with Gasteiger partial charge in [-0.1, -0.05) is 24.4 Å². The summed E-state index contributed by atoms with van der Waals surface area (Å²) in [6.07, 6.45) is 2.27. The van der Waals surface area contributed by atoms with Gasteiger partial charge in [0.15, 0.2) is 0 Å². The maximum Gasteiger partial charge on any atom is 0.119 e. The van der Waals surface area contributed by atoms with Crippen LogP contribution < -0.4 is 10.5 Å². The van der Waals surface area contributed by atoms with Crippen molar-refractivity contribution < 1.29 is 9.47 Å². The van der Waals surface area contributed by atoms with E-state index in [1.807, 2.05) is 24.3 Å². The number of rotatable bonds is 8. The number of thiocarbonyl (C=S) groups is 1. The highest BCUT2D eigenvalue weighted by molar-refractivity contribution is 7.80. The Morgan fingerprint density at radius 1 is 1.48 bits per heavy atom. The van der Waals surface area contributed by atoms with Crippen LogP contribution >= 0.6 is 12.2 Å². The van der Waals surface area contributed by atoms with Gasteiger partial charge in [0, 0.05) is 25.8 Å². The first-order valence-electron chi connectivity index (χ1n) is 7.43. The average molecular weight is 308 g/mol. The SMILES string of the molecule is COCC1CCN(CCCOc2cccc(C(N)=S)c2)C1. The lowest BCUT2D eigenvalue weighted by molar-refractivity contribution is 0.152. The molecule has 5 heteroatoms. The molecule has 0 aliphatic carbocycles. The topological polar surface area (TPSA) is 47.7 Å². The zero-order chi connectivity index (χ0) is 15.1. The lowest BCUT2D eigenvalue weighted by Gasteiger charge is -2.16. The normalized spacial score (nSPS) is 18.8. The Kier molecular flexibility index (Phi) is 6.42. The molecule has 0 saturated carbocycles. The highest BCUT2D eigenvalue weighted by Crippen LogP contribution is 2.17. The van der Waals surface area contributed by atoms with Gasteiger partial charge in [-0.3, -0.25) is 0 Å². The Labute approximate surface area is 132 Å². The summed E-state index contributed by atoms with van der Waals surface area (Å²) in [5.74, 6) is 1.53. The molecule has 1 atom stereocenters. The predicted octanol–water partition coefficient (Wildman–Crippen LogP) is 2.06. The van der Waals surface area contributed by atoms with E-state index in [0.717, 1.165) is 37.4 Å². The second kappa shape index (κ2) is 8.32. The first-order chi connectivity index (χ1) is 10.2. The van der Waals surface area contributed by atoms with Gasteiger partial charge in [-0.05, 0) is 37.4 Å². The third kappa shape index (κ3) is 5.26. The molecule has 1 aromatic carbocycles. The van der Waals surface area contributed by atoms with E-state index in [4.69, 9.17) is 27.4 Å². The van der Waals surface area contributed by atoms with E-state index in [-0.39, 0.29) is 0 Å². The van der Waals surface area contributed by atoms with Crippen molar-refractivity contribution in [2.75, 3.05) is 40.0 Å². The van der Waals surface area contributed by atoms with E-state index in [1.165, 1.54) is 13.0 Å². The summed E-state index contributed by atoms with van der Waals surface area (Å²) in [5.41, 5.74) is 6.47. The lowest BCUT2D eigenvalue weighted by atomic mass is 10.1. The number of likely N-dealkylation sites (tertiary alicyclic amines) is 1. The van der Waals surface area contributed by atoms with Gasteiger partial charge in [-0.15, -0.1) is 0 Å². The number of methoxy groups -OCH3 is 1. The minimum absolute atomic E-state index is 0.404. The van der Waals surface area contributed by atoms with Crippen LogP contribution in [0.4, 0.5) is 0 Å². The predicted molar refractivity (Wildman–Crippen MR) is 88.9 cm³/mol. The van der Waals surface area contributed by atoms with Gasteiger partial charge >= 0.3 is 0 Å². The summed E-state index contributed by atoms with van der Waals surface area (Å²) in [4.78, 5) is 2.89. The maximum atomic E-state index is 5.76. The second-order valence-corrected chi connectivity index (χ2v) is 5.94. The van der Waals surface area contributed by atoms with Crippen molar-refractivity contribution in [3.05, 3.63) is 29.8 Å². The van der Waals surface area contributed by atoms with Gasteiger partial charge in [0.05, 0.1) is 13.2 Å². The van der Waals surface area contributed by atoms with Crippen LogP contribution in [0.2, 0.25) is 0 Å². The summed E-state index contributed by atoms with van der Waals surface area (Å²) in [7, 11) is 1.78. The zero-order valence-corrected chi connectivity index (χ0v) is 13.4. The molecule has 4 nitrogen and oxygen atoms in total. The van der Waals surface area contributed by atoms with Crippen LogP contribution in [0.1, 0.15) is 18.4 Å². The monoisotopic (exact) mass is 308 g/mol. The van der Waals surface area contributed by atoms with Crippen molar-refractivity contribution in [1.82, 2.24) is 4.90 Å². The molecule has 1 aliphatic heterocycles. The molecule has 1 aromatic rings. The lowest BCUT2D eigenvalue weighted by Crippen LogP contribution is -2.24. The molecule has 1 fully saturated rings. The molecule has 0 radical (unpaired) electrons. The molecular formula is C16H24N2O2S.